The van der Waals surface area contributed by atoms with Crippen LogP contribution in [0.5, 0.6) is 0 Å². The van der Waals surface area contributed by atoms with Crippen molar-refractivity contribution in [2.24, 2.45) is 0 Å². The largest absolute Gasteiger partial charge is 0.394 e. The van der Waals surface area contributed by atoms with Crippen molar-refractivity contribution in [1.29, 1.82) is 0 Å². The quantitative estimate of drug-likeness (QED) is 0.677. The predicted octanol–water partition coefficient (Wildman–Crippen LogP) is 2.25. The van der Waals surface area contributed by atoms with Crippen molar-refractivity contribution in [2.75, 3.05) is 6.61 Å². The van der Waals surface area contributed by atoms with Crippen molar-refractivity contribution in [2.45, 2.75) is 63.1 Å². The maximum Gasteiger partial charge on any atom is 0.0840 e. The van der Waals surface area contributed by atoms with Gasteiger partial charge in [-0.15, -0.1) is 0 Å². The molecule has 1 aliphatic heterocycles. The fourth-order valence-electron chi connectivity index (χ4n) is 2.73. The first-order chi connectivity index (χ1) is 6.35. The summed E-state index contributed by atoms with van der Waals surface area (Å²) >= 11 is 0. The van der Waals surface area contributed by atoms with Crippen LogP contribution in [0.2, 0.25) is 0 Å². The summed E-state index contributed by atoms with van der Waals surface area (Å²) in [5.41, 5.74) is 0.188. The van der Waals surface area contributed by atoms with Crippen molar-refractivity contribution in [3.63, 3.8) is 0 Å². The molecule has 1 N–H and O–H groups in total. The van der Waals surface area contributed by atoms with Crippen LogP contribution in [0.25, 0.3) is 0 Å². The number of rotatable bonds is 1. The summed E-state index contributed by atoms with van der Waals surface area (Å²) < 4.78 is 5.80. The van der Waals surface area contributed by atoms with Gasteiger partial charge in [0.2, 0.25) is 0 Å². The molecule has 0 radical (unpaired) electrons. The average molecular weight is 184 g/mol. The van der Waals surface area contributed by atoms with E-state index < -0.39 is 0 Å². The second-order valence-electron chi connectivity index (χ2n) is 4.58. The normalized spacial score (nSPS) is 33.5. The smallest absolute Gasteiger partial charge is 0.0840 e. The fraction of sp³-hybridized carbons (Fsp3) is 1.00. The third-order valence-electron chi connectivity index (χ3n) is 3.48. The second-order valence-corrected chi connectivity index (χ2v) is 4.58. The Balaban J connectivity index is 1.83. The van der Waals surface area contributed by atoms with E-state index in [1.54, 1.807) is 0 Å². The molecule has 1 atom stereocenters. The molecule has 2 nitrogen and oxygen atoms in total. The number of aliphatic hydroxyl groups is 1. The molecule has 76 valence electrons. The van der Waals surface area contributed by atoms with Crippen LogP contribution in [0.4, 0.5) is 0 Å². The molecule has 2 fully saturated rings. The van der Waals surface area contributed by atoms with Gasteiger partial charge in [0.05, 0.1) is 18.3 Å². The van der Waals surface area contributed by atoms with Crippen LogP contribution in [0, 0.1) is 0 Å². The van der Waals surface area contributed by atoms with Crippen LogP contribution in [-0.2, 0) is 4.74 Å². The van der Waals surface area contributed by atoms with Gasteiger partial charge in [-0.1, -0.05) is 32.1 Å². The van der Waals surface area contributed by atoms with E-state index >= 15 is 0 Å². The molecule has 13 heavy (non-hydrogen) atoms. The van der Waals surface area contributed by atoms with E-state index in [0.29, 0.717) is 0 Å². The minimum atomic E-state index is 0.152. The summed E-state index contributed by atoms with van der Waals surface area (Å²) in [5, 5.41) is 8.90. The highest BCUT2D eigenvalue weighted by atomic mass is 16.5. The minimum absolute atomic E-state index is 0.152. The summed E-state index contributed by atoms with van der Waals surface area (Å²) in [6.45, 7) is 0.210. The molecule has 1 aliphatic carbocycles. The van der Waals surface area contributed by atoms with Gasteiger partial charge >= 0.3 is 0 Å². The van der Waals surface area contributed by atoms with Gasteiger partial charge < -0.3 is 9.84 Å². The van der Waals surface area contributed by atoms with Gasteiger partial charge in [-0.25, -0.2) is 0 Å². The molecule has 1 unspecified atom stereocenters. The molecule has 1 saturated carbocycles. The molecular formula is C11H20O2. The van der Waals surface area contributed by atoms with Crippen LogP contribution in [0.1, 0.15) is 51.4 Å². The molecule has 1 heterocycles. The summed E-state index contributed by atoms with van der Waals surface area (Å²) in [6, 6.07) is 0. The Morgan fingerprint density at radius 3 is 2.15 bits per heavy atom. The molecule has 0 aromatic rings. The molecule has 0 aromatic heterocycles. The first kappa shape index (κ1) is 9.47. The predicted molar refractivity (Wildman–Crippen MR) is 51.6 cm³/mol. The Morgan fingerprint density at radius 2 is 1.62 bits per heavy atom. The van der Waals surface area contributed by atoms with E-state index in [-0.39, 0.29) is 18.3 Å². The monoisotopic (exact) mass is 184 g/mol. The Morgan fingerprint density at radius 1 is 1.08 bits per heavy atom. The molecule has 2 aliphatic rings. The highest BCUT2D eigenvalue weighted by molar-refractivity contribution is 4.93. The van der Waals surface area contributed by atoms with Crippen LogP contribution in [0.3, 0.4) is 0 Å². The first-order valence-corrected chi connectivity index (χ1v) is 5.63. The lowest BCUT2D eigenvalue weighted by Gasteiger charge is -2.48. The van der Waals surface area contributed by atoms with E-state index in [2.05, 4.69) is 0 Å². The second kappa shape index (κ2) is 3.97. The maximum atomic E-state index is 8.90. The zero-order valence-corrected chi connectivity index (χ0v) is 8.30. The van der Waals surface area contributed by atoms with E-state index in [1.165, 1.54) is 44.9 Å². The highest BCUT2D eigenvalue weighted by Gasteiger charge is 2.44. The summed E-state index contributed by atoms with van der Waals surface area (Å²) in [6.07, 6.45) is 10.5. The van der Waals surface area contributed by atoms with Crippen molar-refractivity contribution in [3.8, 4) is 0 Å². The SMILES string of the molecule is OCC1CC2(CCCCCCC2)O1. The Bertz CT molecular complexity index is 144. The van der Waals surface area contributed by atoms with Crippen molar-refractivity contribution < 1.29 is 9.84 Å². The van der Waals surface area contributed by atoms with E-state index in [9.17, 15) is 0 Å². The number of hydrogen-bond acceptors (Lipinski definition) is 2. The third kappa shape index (κ3) is 2.05. The van der Waals surface area contributed by atoms with Gasteiger partial charge in [-0.2, -0.15) is 0 Å². The molecule has 1 spiro atoms. The van der Waals surface area contributed by atoms with Crippen LogP contribution in [0.15, 0.2) is 0 Å². The van der Waals surface area contributed by atoms with Crippen LogP contribution >= 0.6 is 0 Å². The average Bonchev–Trinajstić information content (AvgIpc) is 2.01. The van der Waals surface area contributed by atoms with Gasteiger partial charge in [-0.05, 0) is 12.8 Å². The maximum absolute atomic E-state index is 8.90. The van der Waals surface area contributed by atoms with Gasteiger partial charge in [0.1, 0.15) is 0 Å². The molecular weight excluding hydrogens is 164 g/mol. The van der Waals surface area contributed by atoms with Gasteiger partial charge in [-0.3, -0.25) is 0 Å². The first-order valence-electron chi connectivity index (χ1n) is 5.63. The third-order valence-corrected chi connectivity index (χ3v) is 3.48. The summed E-state index contributed by atoms with van der Waals surface area (Å²) in [4.78, 5) is 0. The Kier molecular flexibility index (Phi) is 2.89. The lowest BCUT2D eigenvalue weighted by molar-refractivity contribution is -0.226. The Labute approximate surface area is 80.3 Å². The number of hydrogen-bond donors (Lipinski definition) is 1. The van der Waals surface area contributed by atoms with Crippen LogP contribution < -0.4 is 0 Å². The highest BCUT2D eigenvalue weighted by Crippen LogP contribution is 2.42. The van der Waals surface area contributed by atoms with Crippen molar-refractivity contribution in [1.82, 2.24) is 0 Å². The molecule has 1 saturated heterocycles. The van der Waals surface area contributed by atoms with Gasteiger partial charge in [0.25, 0.3) is 0 Å². The van der Waals surface area contributed by atoms with Crippen LogP contribution in [-0.4, -0.2) is 23.4 Å². The van der Waals surface area contributed by atoms with Gasteiger partial charge in [0, 0.05) is 6.42 Å². The zero-order valence-electron chi connectivity index (χ0n) is 8.30. The molecule has 0 bridgehead atoms. The zero-order chi connectivity index (χ0) is 9.15. The Hall–Kier alpha value is -0.0800. The van der Waals surface area contributed by atoms with E-state index in [4.69, 9.17) is 9.84 Å². The number of ether oxygens (including phenoxy) is 1. The molecule has 2 heteroatoms. The lowest BCUT2D eigenvalue weighted by Crippen LogP contribution is -2.52. The minimum Gasteiger partial charge on any atom is -0.394 e. The summed E-state index contributed by atoms with van der Waals surface area (Å²) in [5.74, 6) is 0. The van der Waals surface area contributed by atoms with E-state index in [1.807, 2.05) is 0 Å². The molecule has 0 amide bonds. The van der Waals surface area contributed by atoms with Gasteiger partial charge in [0.15, 0.2) is 0 Å². The van der Waals surface area contributed by atoms with E-state index in [0.717, 1.165) is 6.42 Å². The topological polar surface area (TPSA) is 29.5 Å². The standard InChI is InChI=1S/C11H20O2/c12-9-10-8-11(13-10)6-4-2-1-3-5-7-11/h10,12H,1-9H2. The molecule has 0 aromatic carbocycles. The lowest BCUT2D eigenvalue weighted by atomic mass is 9.78. The molecule has 2 rings (SSSR count). The van der Waals surface area contributed by atoms with Crippen molar-refractivity contribution >= 4 is 0 Å². The van der Waals surface area contributed by atoms with Crippen molar-refractivity contribution in [3.05, 3.63) is 0 Å². The number of aliphatic hydroxyl groups excluding tert-OH is 1. The summed E-state index contributed by atoms with van der Waals surface area (Å²) in [7, 11) is 0. The fourth-order valence-corrected chi connectivity index (χ4v) is 2.73.